The third kappa shape index (κ3) is 6.70. The summed E-state index contributed by atoms with van der Waals surface area (Å²) >= 11 is 0. The summed E-state index contributed by atoms with van der Waals surface area (Å²) in [6.07, 6.45) is 5.27. The second-order valence-electron chi connectivity index (χ2n) is 7.12. The van der Waals surface area contributed by atoms with E-state index in [0.717, 1.165) is 45.2 Å². The number of likely N-dealkylation sites (tertiary alicyclic amines) is 1. The van der Waals surface area contributed by atoms with Crippen LogP contribution in [-0.4, -0.2) is 68.6 Å². The predicted octanol–water partition coefficient (Wildman–Crippen LogP) is 2.31. The molecule has 0 amide bonds. The lowest BCUT2D eigenvalue weighted by atomic mass is 10.00. The summed E-state index contributed by atoms with van der Waals surface area (Å²) in [6.45, 7) is 8.81. The maximum atomic E-state index is 4.35. The fourth-order valence-corrected chi connectivity index (χ4v) is 3.81. The fraction of sp³-hybridized carbons (Fsp3) is 0.650. The smallest absolute Gasteiger partial charge is 0.191 e. The van der Waals surface area contributed by atoms with Gasteiger partial charge in [0, 0.05) is 46.3 Å². The molecule has 2 aliphatic rings. The number of aliphatic imine (C=N–C) groups is 1. The Bertz CT molecular complexity index is 557. The van der Waals surface area contributed by atoms with Crippen molar-refractivity contribution < 1.29 is 0 Å². The second-order valence-corrected chi connectivity index (χ2v) is 7.12. The van der Waals surface area contributed by atoms with Crippen LogP contribution in [0.15, 0.2) is 29.3 Å². The Labute approximate surface area is 175 Å². The standard InChI is InChI=1S/C20H33N5.HI/c1-21-20(22-10-15-24-12-5-2-6-13-24)23-11-16-25-14-9-18-7-3-4-8-19(18)17-25;/h3-4,7-8H,2,5-6,9-17H2,1H3,(H2,21,22,23);1H. The highest BCUT2D eigenvalue weighted by molar-refractivity contribution is 14.0. The molecule has 146 valence electrons. The molecule has 2 N–H and O–H groups in total. The highest BCUT2D eigenvalue weighted by Gasteiger charge is 2.15. The molecule has 0 aromatic heterocycles. The van der Waals surface area contributed by atoms with Gasteiger partial charge in [-0.05, 0) is 43.5 Å². The number of hydrogen-bond acceptors (Lipinski definition) is 3. The van der Waals surface area contributed by atoms with Crippen LogP contribution in [-0.2, 0) is 13.0 Å². The van der Waals surface area contributed by atoms with E-state index in [2.05, 4.69) is 49.7 Å². The van der Waals surface area contributed by atoms with E-state index >= 15 is 0 Å². The number of fused-ring (bicyclic) bond motifs is 1. The summed E-state index contributed by atoms with van der Waals surface area (Å²) in [5.74, 6) is 0.925. The second kappa shape index (κ2) is 11.8. The Hall–Kier alpha value is -0.860. The Morgan fingerprint density at radius 2 is 1.58 bits per heavy atom. The molecule has 0 aliphatic carbocycles. The first kappa shape index (κ1) is 21.4. The van der Waals surface area contributed by atoms with Crippen molar-refractivity contribution >= 4 is 29.9 Å². The molecule has 0 bridgehead atoms. The van der Waals surface area contributed by atoms with Gasteiger partial charge >= 0.3 is 0 Å². The number of hydrogen-bond donors (Lipinski definition) is 2. The quantitative estimate of drug-likeness (QED) is 0.380. The van der Waals surface area contributed by atoms with Gasteiger partial charge in [0.1, 0.15) is 0 Å². The van der Waals surface area contributed by atoms with Gasteiger partial charge in [-0.3, -0.25) is 9.89 Å². The maximum absolute atomic E-state index is 4.35. The van der Waals surface area contributed by atoms with Gasteiger partial charge in [0.2, 0.25) is 0 Å². The molecule has 1 fully saturated rings. The summed E-state index contributed by atoms with van der Waals surface area (Å²) < 4.78 is 0. The molecular weight excluding hydrogens is 437 g/mol. The molecule has 0 unspecified atom stereocenters. The van der Waals surface area contributed by atoms with E-state index in [1.165, 1.54) is 49.9 Å². The van der Waals surface area contributed by atoms with Crippen LogP contribution < -0.4 is 10.6 Å². The molecule has 0 atom stereocenters. The van der Waals surface area contributed by atoms with Crippen LogP contribution in [0, 0.1) is 0 Å². The summed E-state index contributed by atoms with van der Waals surface area (Å²) in [6, 6.07) is 8.82. The number of halogens is 1. The first-order chi connectivity index (χ1) is 12.3. The highest BCUT2D eigenvalue weighted by Crippen LogP contribution is 2.17. The molecular formula is C20H34IN5. The Morgan fingerprint density at radius 1 is 0.923 bits per heavy atom. The van der Waals surface area contributed by atoms with E-state index in [1.54, 1.807) is 0 Å². The zero-order chi connectivity index (χ0) is 17.3. The average Bonchev–Trinajstić information content (AvgIpc) is 2.67. The van der Waals surface area contributed by atoms with Gasteiger partial charge in [0.15, 0.2) is 5.96 Å². The van der Waals surface area contributed by atoms with Crippen molar-refractivity contribution in [2.45, 2.75) is 32.2 Å². The van der Waals surface area contributed by atoms with Crippen LogP contribution in [0.2, 0.25) is 0 Å². The van der Waals surface area contributed by atoms with E-state index in [9.17, 15) is 0 Å². The van der Waals surface area contributed by atoms with E-state index < -0.39 is 0 Å². The number of benzene rings is 1. The average molecular weight is 471 g/mol. The third-order valence-corrected chi connectivity index (χ3v) is 5.32. The van der Waals surface area contributed by atoms with Crippen molar-refractivity contribution in [3.05, 3.63) is 35.4 Å². The van der Waals surface area contributed by atoms with Gasteiger partial charge in [0.05, 0.1) is 0 Å². The molecule has 2 heterocycles. The van der Waals surface area contributed by atoms with Crippen LogP contribution >= 0.6 is 24.0 Å². The molecule has 1 aromatic carbocycles. The molecule has 3 rings (SSSR count). The summed E-state index contributed by atoms with van der Waals surface area (Å²) in [5.41, 5.74) is 3.00. The van der Waals surface area contributed by atoms with Crippen molar-refractivity contribution in [2.75, 3.05) is 52.9 Å². The van der Waals surface area contributed by atoms with Gasteiger partial charge in [-0.25, -0.2) is 0 Å². The monoisotopic (exact) mass is 471 g/mol. The zero-order valence-electron chi connectivity index (χ0n) is 16.0. The number of piperidine rings is 1. The minimum absolute atomic E-state index is 0. The van der Waals surface area contributed by atoms with Crippen molar-refractivity contribution in [2.24, 2.45) is 4.99 Å². The number of rotatable bonds is 6. The summed E-state index contributed by atoms with van der Waals surface area (Å²) in [7, 11) is 1.85. The first-order valence-electron chi connectivity index (χ1n) is 9.81. The number of nitrogens with one attached hydrogen (secondary N) is 2. The van der Waals surface area contributed by atoms with Crippen molar-refractivity contribution in [1.82, 2.24) is 20.4 Å². The molecule has 26 heavy (non-hydrogen) atoms. The minimum Gasteiger partial charge on any atom is -0.355 e. The molecule has 1 saturated heterocycles. The highest BCUT2D eigenvalue weighted by atomic mass is 127. The van der Waals surface area contributed by atoms with Gasteiger partial charge in [-0.15, -0.1) is 24.0 Å². The largest absolute Gasteiger partial charge is 0.355 e. The Morgan fingerprint density at radius 3 is 2.27 bits per heavy atom. The van der Waals surface area contributed by atoms with Crippen molar-refractivity contribution in [1.29, 1.82) is 0 Å². The number of nitrogens with zero attached hydrogens (tertiary/aromatic N) is 3. The molecule has 0 radical (unpaired) electrons. The van der Waals surface area contributed by atoms with Gasteiger partial charge in [-0.2, -0.15) is 0 Å². The Balaban J connectivity index is 0.00000243. The first-order valence-corrected chi connectivity index (χ1v) is 9.81. The maximum Gasteiger partial charge on any atom is 0.191 e. The lowest BCUT2D eigenvalue weighted by Gasteiger charge is -2.29. The van der Waals surface area contributed by atoms with E-state index in [1.807, 2.05) is 7.05 Å². The SMILES string of the molecule is CN=C(NCCN1CCCCC1)NCCN1CCc2ccccc2C1.I. The van der Waals surface area contributed by atoms with Gasteiger partial charge in [-0.1, -0.05) is 30.7 Å². The van der Waals surface area contributed by atoms with Crippen LogP contribution in [0.1, 0.15) is 30.4 Å². The van der Waals surface area contributed by atoms with Crippen molar-refractivity contribution in [3.8, 4) is 0 Å². The lowest BCUT2D eigenvalue weighted by molar-refractivity contribution is 0.232. The van der Waals surface area contributed by atoms with E-state index in [-0.39, 0.29) is 24.0 Å². The zero-order valence-corrected chi connectivity index (χ0v) is 18.4. The molecule has 1 aromatic rings. The van der Waals surface area contributed by atoms with E-state index in [0.29, 0.717) is 0 Å². The minimum atomic E-state index is 0. The molecule has 2 aliphatic heterocycles. The molecule has 6 heteroatoms. The summed E-state index contributed by atoms with van der Waals surface area (Å²) in [4.78, 5) is 9.42. The topological polar surface area (TPSA) is 42.9 Å². The van der Waals surface area contributed by atoms with Gasteiger partial charge in [0.25, 0.3) is 0 Å². The molecule has 0 spiro atoms. The van der Waals surface area contributed by atoms with Crippen LogP contribution in [0.4, 0.5) is 0 Å². The van der Waals surface area contributed by atoms with Gasteiger partial charge < -0.3 is 15.5 Å². The predicted molar refractivity (Wildman–Crippen MR) is 120 cm³/mol. The van der Waals surface area contributed by atoms with Crippen molar-refractivity contribution in [3.63, 3.8) is 0 Å². The Kier molecular flexibility index (Phi) is 9.71. The molecule has 0 saturated carbocycles. The third-order valence-electron chi connectivity index (χ3n) is 5.32. The normalized spacial score (nSPS) is 18.7. The summed E-state index contributed by atoms with van der Waals surface area (Å²) in [5, 5.41) is 6.91. The van der Waals surface area contributed by atoms with E-state index in [4.69, 9.17) is 0 Å². The number of guanidine groups is 1. The molecule has 5 nitrogen and oxygen atoms in total. The lowest BCUT2D eigenvalue weighted by Crippen LogP contribution is -2.45. The fourth-order valence-electron chi connectivity index (χ4n) is 3.81. The van der Waals surface area contributed by atoms with Crippen LogP contribution in [0.3, 0.4) is 0 Å². The van der Waals surface area contributed by atoms with Crippen LogP contribution in [0.25, 0.3) is 0 Å². The van der Waals surface area contributed by atoms with Crippen LogP contribution in [0.5, 0.6) is 0 Å².